The fourth-order valence-corrected chi connectivity index (χ4v) is 3.55. The van der Waals surface area contributed by atoms with Crippen LogP contribution in [-0.4, -0.2) is 47.5 Å². The first-order valence-electron chi connectivity index (χ1n) is 5.91. The van der Waals surface area contributed by atoms with Gasteiger partial charge in [0.1, 0.15) is 0 Å². The quantitative estimate of drug-likeness (QED) is 0.729. The van der Waals surface area contributed by atoms with E-state index in [1.54, 1.807) is 0 Å². The number of nitrogens with one attached hydrogen (secondary N) is 1. The number of carbonyl (C=O) groups is 1. The Kier molecular flexibility index (Phi) is 3.92. The fraction of sp³-hybridized carbons (Fsp3) is 0.909. The van der Waals surface area contributed by atoms with E-state index < -0.39 is 0 Å². The van der Waals surface area contributed by atoms with Crippen LogP contribution in [-0.2, 0) is 4.79 Å². The average Bonchev–Trinajstić information content (AvgIpc) is 2.29. The lowest BCUT2D eigenvalue weighted by atomic mass is 10.1. The van der Waals surface area contributed by atoms with Crippen LogP contribution in [0.15, 0.2) is 0 Å². The summed E-state index contributed by atoms with van der Waals surface area (Å²) >= 11 is 1.85. The van der Waals surface area contributed by atoms with Crippen LogP contribution in [0.25, 0.3) is 0 Å². The third-order valence-corrected chi connectivity index (χ3v) is 4.50. The molecule has 1 unspecified atom stereocenters. The van der Waals surface area contributed by atoms with Gasteiger partial charge < -0.3 is 10.2 Å². The molecule has 0 aromatic carbocycles. The summed E-state index contributed by atoms with van der Waals surface area (Å²) in [6.45, 7) is 4.87. The number of hydrogen-bond donors (Lipinski definition) is 1. The first-order valence-corrected chi connectivity index (χ1v) is 6.96. The van der Waals surface area contributed by atoms with Crippen molar-refractivity contribution in [2.24, 2.45) is 0 Å². The number of piperazine rings is 1. The molecule has 2 saturated heterocycles. The normalized spacial score (nSPS) is 32.7. The Balaban J connectivity index is 1.88. The fourth-order valence-electron chi connectivity index (χ4n) is 2.27. The smallest absolute Gasteiger partial charge is 0.235 e. The van der Waals surface area contributed by atoms with Gasteiger partial charge in [-0.2, -0.15) is 0 Å². The molecule has 0 radical (unpaired) electrons. The minimum Gasteiger partial charge on any atom is -0.339 e. The lowest BCUT2D eigenvalue weighted by Crippen LogP contribution is -2.53. The van der Waals surface area contributed by atoms with E-state index in [0.717, 1.165) is 31.8 Å². The van der Waals surface area contributed by atoms with Crippen molar-refractivity contribution in [2.45, 2.75) is 37.5 Å². The molecule has 2 rings (SSSR count). The SMILES string of the molecule is C[C@H]1CN(C(=O)C2CCCCS2)CCN1. The van der Waals surface area contributed by atoms with Crippen LogP contribution >= 0.6 is 11.8 Å². The molecule has 2 fully saturated rings. The van der Waals surface area contributed by atoms with Crippen LogP contribution in [0.2, 0.25) is 0 Å². The van der Waals surface area contributed by atoms with E-state index >= 15 is 0 Å². The van der Waals surface area contributed by atoms with Gasteiger partial charge in [0.2, 0.25) is 5.91 Å². The van der Waals surface area contributed by atoms with E-state index in [0.29, 0.717) is 11.9 Å². The summed E-state index contributed by atoms with van der Waals surface area (Å²) < 4.78 is 0. The third kappa shape index (κ3) is 2.88. The first kappa shape index (κ1) is 11.3. The molecule has 4 heteroatoms. The average molecular weight is 228 g/mol. The van der Waals surface area contributed by atoms with Crippen molar-refractivity contribution in [3.8, 4) is 0 Å². The van der Waals surface area contributed by atoms with Gasteiger partial charge in [0, 0.05) is 25.7 Å². The van der Waals surface area contributed by atoms with Gasteiger partial charge >= 0.3 is 0 Å². The summed E-state index contributed by atoms with van der Waals surface area (Å²) in [4.78, 5) is 14.2. The molecule has 0 spiro atoms. The van der Waals surface area contributed by atoms with Crippen molar-refractivity contribution < 1.29 is 4.79 Å². The zero-order valence-electron chi connectivity index (χ0n) is 9.37. The summed E-state index contributed by atoms with van der Waals surface area (Å²) in [5.41, 5.74) is 0. The van der Waals surface area contributed by atoms with Gasteiger partial charge in [-0.15, -0.1) is 11.8 Å². The highest BCUT2D eigenvalue weighted by molar-refractivity contribution is 8.00. The maximum Gasteiger partial charge on any atom is 0.235 e. The molecular formula is C11H20N2OS. The molecular weight excluding hydrogens is 208 g/mol. The lowest BCUT2D eigenvalue weighted by molar-refractivity contribution is -0.131. The van der Waals surface area contributed by atoms with Crippen LogP contribution < -0.4 is 5.32 Å². The van der Waals surface area contributed by atoms with Crippen LogP contribution in [0.5, 0.6) is 0 Å². The van der Waals surface area contributed by atoms with Gasteiger partial charge in [-0.05, 0) is 25.5 Å². The van der Waals surface area contributed by atoms with Gasteiger partial charge in [0.15, 0.2) is 0 Å². The molecule has 0 aliphatic carbocycles. The van der Waals surface area contributed by atoms with E-state index in [9.17, 15) is 4.79 Å². The van der Waals surface area contributed by atoms with E-state index in [2.05, 4.69) is 12.2 Å². The minimum atomic E-state index is 0.254. The highest BCUT2D eigenvalue weighted by atomic mass is 32.2. The van der Waals surface area contributed by atoms with Gasteiger partial charge in [0.25, 0.3) is 0 Å². The topological polar surface area (TPSA) is 32.3 Å². The number of carbonyl (C=O) groups excluding carboxylic acids is 1. The molecule has 1 N–H and O–H groups in total. The van der Waals surface area contributed by atoms with Crippen molar-refractivity contribution in [1.82, 2.24) is 10.2 Å². The van der Waals surface area contributed by atoms with Gasteiger partial charge in [-0.1, -0.05) is 6.42 Å². The molecule has 0 bridgehead atoms. The molecule has 15 heavy (non-hydrogen) atoms. The van der Waals surface area contributed by atoms with Crippen molar-refractivity contribution in [3.05, 3.63) is 0 Å². The van der Waals surface area contributed by atoms with Crippen LogP contribution in [0.3, 0.4) is 0 Å². The lowest BCUT2D eigenvalue weighted by Gasteiger charge is -2.35. The summed E-state index contributed by atoms with van der Waals surface area (Å²) in [6, 6.07) is 0.455. The minimum absolute atomic E-state index is 0.254. The maximum atomic E-state index is 12.2. The number of thioether (sulfide) groups is 1. The Morgan fingerprint density at radius 2 is 2.33 bits per heavy atom. The number of amides is 1. The molecule has 0 aromatic heterocycles. The summed E-state index contributed by atoms with van der Waals surface area (Å²) in [7, 11) is 0. The Morgan fingerprint density at radius 3 is 3.00 bits per heavy atom. The molecule has 0 aromatic rings. The second kappa shape index (κ2) is 5.21. The molecule has 0 saturated carbocycles. The van der Waals surface area contributed by atoms with Crippen molar-refractivity contribution >= 4 is 17.7 Å². The Bertz CT molecular complexity index is 229. The van der Waals surface area contributed by atoms with E-state index in [1.807, 2.05) is 16.7 Å². The largest absolute Gasteiger partial charge is 0.339 e. The molecule has 2 heterocycles. The molecule has 3 nitrogen and oxygen atoms in total. The second-order valence-electron chi connectivity index (χ2n) is 4.49. The maximum absolute atomic E-state index is 12.2. The molecule has 1 amide bonds. The summed E-state index contributed by atoms with van der Waals surface area (Å²) in [5, 5.41) is 3.62. The van der Waals surface area contributed by atoms with Crippen LogP contribution in [0.1, 0.15) is 26.2 Å². The van der Waals surface area contributed by atoms with Crippen molar-refractivity contribution in [2.75, 3.05) is 25.4 Å². The summed E-state index contributed by atoms with van der Waals surface area (Å²) in [5.74, 6) is 1.55. The first-order chi connectivity index (χ1) is 7.27. The predicted molar refractivity (Wildman–Crippen MR) is 64.1 cm³/mol. The number of nitrogens with zero attached hydrogens (tertiary/aromatic N) is 1. The van der Waals surface area contributed by atoms with Crippen LogP contribution in [0, 0.1) is 0 Å². The highest BCUT2D eigenvalue weighted by Crippen LogP contribution is 2.26. The second-order valence-corrected chi connectivity index (χ2v) is 5.81. The zero-order valence-corrected chi connectivity index (χ0v) is 10.2. The molecule has 2 atom stereocenters. The predicted octanol–water partition coefficient (Wildman–Crippen LogP) is 1.09. The van der Waals surface area contributed by atoms with Crippen molar-refractivity contribution in [1.29, 1.82) is 0 Å². The van der Waals surface area contributed by atoms with E-state index in [1.165, 1.54) is 12.8 Å². The Morgan fingerprint density at radius 1 is 1.47 bits per heavy atom. The monoisotopic (exact) mass is 228 g/mol. The van der Waals surface area contributed by atoms with E-state index in [4.69, 9.17) is 0 Å². The van der Waals surface area contributed by atoms with Gasteiger partial charge in [0.05, 0.1) is 5.25 Å². The third-order valence-electron chi connectivity index (χ3n) is 3.14. The molecule has 2 aliphatic heterocycles. The summed E-state index contributed by atoms with van der Waals surface area (Å²) in [6.07, 6.45) is 3.60. The van der Waals surface area contributed by atoms with Crippen molar-refractivity contribution in [3.63, 3.8) is 0 Å². The molecule has 2 aliphatic rings. The zero-order chi connectivity index (χ0) is 10.7. The number of rotatable bonds is 1. The van der Waals surface area contributed by atoms with Gasteiger partial charge in [-0.3, -0.25) is 4.79 Å². The standard InChI is InChI=1S/C11H20N2OS/c1-9-8-13(6-5-12-9)11(14)10-4-2-3-7-15-10/h9-10,12H,2-8H2,1H3/t9-,10?/m0/s1. The van der Waals surface area contributed by atoms with Crippen LogP contribution in [0.4, 0.5) is 0 Å². The highest BCUT2D eigenvalue weighted by Gasteiger charge is 2.28. The Hall–Kier alpha value is -0.220. The Labute approximate surface area is 96.0 Å². The van der Waals surface area contributed by atoms with Gasteiger partial charge in [-0.25, -0.2) is 0 Å². The molecule has 86 valence electrons. The van der Waals surface area contributed by atoms with E-state index in [-0.39, 0.29) is 5.25 Å². The number of hydrogen-bond acceptors (Lipinski definition) is 3.